The first-order valence-corrected chi connectivity index (χ1v) is 27.4. The van der Waals surface area contributed by atoms with E-state index < -0.39 is 177 Å². The summed E-state index contributed by atoms with van der Waals surface area (Å²) in [4.78, 5) is 71.5. The van der Waals surface area contributed by atoms with E-state index in [1.54, 1.807) is 0 Å². The van der Waals surface area contributed by atoms with Gasteiger partial charge in [-0.1, -0.05) is 24.3 Å². The zero-order chi connectivity index (χ0) is 64.3. The summed E-state index contributed by atoms with van der Waals surface area (Å²) in [7, 11) is 0. The molecule has 0 spiro atoms. The number of hydrogen-bond donors (Lipinski definition) is 14. The van der Waals surface area contributed by atoms with Crippen LogP contribution in [0.4, 0.5) is 0 Å². The van der Waals surface area contributed by atoms with Gasteiger partial charge in [0.15, 0.2) is 60.4 Å². The van der Waals surface area contributed by atoms with Crippen LogP contribution in [-0.4, -0.2) is 256 Å². The molecule has 480 valence electrons. The molecule has 0 unspecified atom stereocenters. The van der Waals surface area contributed by atoms with Crippen LogP contribution in [0.1, 0.15) is 31.4 Å². The first-order valence-electron chi connectivity index (χ1n) is 27.4. The highest BCUT2D eigenvalue weighted by atomic mass is 16.8. The molecule has 2 aromatic rings. The molecule has 30 heteroatoms. The lowest BCUT2D eigenvalue weighted by atomic mass is 9.97. The van der Waals surface area contributed by atoms with E-state index in [2.05, 4.69) is 0 Å². The van der Waals surface area contributed by atoms with E-state index >= 15 is 0 Å². The molecule has 2 aromatic carbocycles. The van der Waals surface area contributed by atoms with Crippen molar-refractivity contribution in [3.05, 3.63) is 113 Å². The van der Waals surface area contributed by atoms with E-state index in [-0.39, 0.29) is 48.9 Å². The Hall–Kier alpha value is -7.02. The van der Waals surface area contributed by atoms with Crippen LogP contribution in [0, 0.1) is 0 Å². The molecule has 8 rings (SSSR count). The Labute approximate surface area is 499 Å². The summed E-state index contributed by atoms with van der Waals surface area (Å²) in [6.07, 6.45) is -18.6. The smallest absolute Gasteiger partial charge is 0.331 e. The van der Waals surface area contributed by atoms with Crippen LogP contribution in [-0.2, 0) is 82.6 Å². The van der Waals surface area contributed by atoms with Crippen LogP contribution in [0.2, 0.25) is 0 Å². The van der Waals surface area contributed by atoms with Crippen molar-refractivity contribution >= 4 is 41.1 Å². The van der Waals surface area contributed by atoms with E-state index in [0.29, 0.717) is 16.7 Å². The number of ether oxygens (including phenoxy) is 10. The summed E-state index contributed by atoms with van der Waals surface area (Å²) in [6.45, 7) is 1.11. The van der Waals surface area contributed by atoms with Crippen molar-refractivity contribution in [2.24, 2.45) is 0 Å². The molecule has 0 aromatic heterocycles. The number of aliphatic hydroxyl groups excluding tert-OH is 10. The Morgan fingerprint density at radius 3 is 1.42 bits per heavy atom. The second-order valence-electron chi connectivity index (χ2n) is 20.8. The molecule has 0 bridgehead atoms. The lowest BCUT2D eigenvalue weighted by Crippen LogP contribution is -2.65. The quantitative estimate of drug-likeness (QED) is 0.0200. The van der Waals surface area contributed by atoms with Crippen LogP contribution in [0.5, 0.6) is 23.0 Å². The van der Waals surface area contributed by atoms with Gasteiger partial charge in [0.2, 0.25) is 23.1 Å². The van der Waals surface area contributed by atoms with Gasteiger partial charge in [0, 0.05) is 12.2 Å². The van der Waals surface area contributed by atoms with Gasteiger partial charge in [-0.3, -0.25) is 19.2 Å². The van der Waals surface area contributed by atoms with Gasteiger partial charge in [-0.2, -0.15) is 0 Å². The van der Waals surface area contributed by atoms with E-state index in [0.717, 1.165) is 36.5 Å². The Morgan fingerprint density at radius 2 is 0.943 bits per heavy atom. The largest absolute Gasteiger partial charge is 0.504 e. The van der Waals surface area contributed by atoms with Gasteiger partial charge in [-0.25, -0.2) is 9.59 Å². The molecule has 30 nitrogen and oxygen atoms in total. The first-order chi connectivity index (χ1) is 41.8. The van der Waals surface area contributed by atoms with Gasteiger partial charge in [-0.05, 0) is 110 Å². The van der Waals surface area contributed by atoms with Gasteiger partial charge in [0.1, 0.15) is 73.2 Å². The summed E-state index contributed by atoms with van der Waals surface area (Å²) >= 11 is 0. The van der Waals surface area contributed by atoms with Crippen LogP contribution < -0.4 is 0 Å². The second-order valence-corrected chi connectivity index (χ2v) is 20.8. The maximum Gasteiger partial charge on any atom is 0.331 e. The van der Waals surface area contributed by atoms with Gasteiger partial charge in [0.05, 0.1) is 38.6 Å². The number of esters is 2. The number of hydrogen-bond acceptors (Lipinski definition) is 30. The predicted molar refractivity (Wildman–Crippen MR) is 290 cm³/mol. The molecule has 14 N–H and O–H groups in total. The summed E-state index contributed by atoms with van der Waals surface area (Å²) in [5.41, 5.74) is 1.61. The number of aromatic hydroxyl groups is 4. The third-order valence-corrected chi connectivity index (χ3v) is 14.5. The summed E-state index contributed by atoms with van der Waals surface area (Å²) in [6, 6.07) is 7.95. The van der Waals surface area contributed by atoms with E-state index in [1.165, 1.54) is 74.5 Å². The average Bonchev–Trinajstić information content (AvgIpc) is 1.32. The third-order valence-electron chi connectivity index (χ3n) is 14.5. The Balaban J connectivity index is 0.000000251. The Kier molecular flexibility index (Phi) is 24.1. The minimum atomic E-state index is -1.79. The van der Waals surface area contributed by atoms with E-state index in [1.807, 2.05) is 0 Å². The SMILES string of the molecule is C[C@H]1O[C@@H](O[C@@H]2[C@@H](O)[C@H](OCCC3=CC(=O)C(=O)C=C3)O[C@H](CO)[C@H]2OC(=O)/C=C/c2ccc(O)c(O)c2)[C@@H](O)[C@@H](O)[C@@H]1O.C[C@H]1O[C@@H](O[C@@H]2[C@@H](O)[C@H](OCCc3ccc(O)c(O)c3)O[C@H](CO)[C@H]2OC(=O)/C=C/C2=CC(=O)C(=O)C=C2)[C@@H](O)[C@@H](O)[C@@H]1O. The molecule has 88 heavy (non-hydrogen) atoms. The van der Waals surface area contributed by atoms with Crippen molar-refractivity contribution in [3.63, 3.8) is 0 Å². The summed E-state index contributed by atoms with van der Waals surface area (Å²) in [5.74, 6) is -6.31. The zero-order valence-corrected chi connectivity index (χ0v) is 46.8. The van der Waals surface area contributed by atoms with Crippen LogP contribution in [0.15, 0.2) is 102 Å². The number of aliphatic hydroxyl groups is 10. The highest BCUT2D eigenvalue weighted by Crippen LogP contribution is 2.35. The average molecular weight is 1250 g/mol. The molecular formula is C58H68O30. The molecular weight excluding hydrogens is 1180 g/mol. The topological polar surface area (TPSA) is 478 Å². The van der Waals surface area contributed by atoms with Gasteiger partial charge in [-0.15, -0.1) is 0 Å². The van der Waals surface area contributed by atoms with Crippen LogP contribution >= 0.6 is 0 Å². The maximum atomic E-state index is 12.8. The Morgan fingerprint density at radius 1 is 0.477 bits per heavy atom. The minimum Gasteiger partial charge on any atom is -0.504 e. The number of ketones is 4. The standard InChI is InChI=1S/2C29H34O15/c2*1-13-22(36)23(37)24(38)29(41-13)44-27-25(39)28(40-9-8-15-3-6-17(32)19(34)11-15)42-20(12-30)26(27)43-21(35)7-4-14-2-5-16(31)18(33)10-14/h2-7,10-11,13,20,22-30,32,34,36-39H,8-9,12H2,1H3;2-7,10-11,13,20,22-31,33,36-39H,8-9,12H2,1H3/b2*7-4+/t2*13-,20-,22-,23+,24+,25-,26-,27-,28-,29+/m11/s1. The normalized spacial score (nSPS) is 34.3. The first kappa shape index (κ1) is 68.5. The number of phenols is 4. The van der Waals surface area contributed by atoms with Crippen molar-refractivity contribution in [3.8, 4) is 23.0 Å². The van der Waals surface area contributed by atoms with E-state index in [4.69, 9.17) is 47.4 Å². The molecule has 4 saturated heterocycles. The number of allylic oxidation sites excluding steroid dienone is 8. The molecule has 4 heterocycles. The van der Waals surface area contributed by atoms with Crippen molar-refractivity contribution in [2.45, 2.75) is 150 Å². The monoisotopic (exact) mass is 1240 g/mol. The van der Waals surface area contributed by atoms with E-state index in [9.17, 15) is 100 Å². The number of phenolic OH excluding ortho intramolecular Hbond substituents is 4. The fourth-order valence-corrected chi connectivity index (χ4v) is 9.48. The van der Waals surface area contributed by atoms with Crippen molar-refractivity contribution < 1.29 is 148 Å². The molecule has 0 radical (unpaired) electrons. The molecule has 0 amide bonds. The van der Waals surface area contributed by atoms with Gasteiger partial charge < -0.3 is 119 Å². The molecule has 4 aliphatic heterocycles. The lowest BCUT2D eigenvalue weighted by molar-refractivity contribution is -0.357. The van der Waals surface area contributed by atoms with Crippen LogP contribution in [0.25, 0.3) is 6.08 Å². The lowest BCUT2D eigenvalue weighted by Gasteiger charge is -2.46. The summed E-state index contributed by atoms with van der Waals surface area (Å²) in [5, 5.41) is 143. The van der Waals surface area contributed by atoms with Crippen LogP contribution in [0.3, 0.4) is 0 Å². The fourth-order valence-electron chi connectivity index (χ4n) is 9.48. The third kappa shape index (κ3) is 17.2. The number of carbonyl (C=O) groups excluding carboxylic acids is 6. The van der Waals surface area contributed by atoms with Gasteiger partial charge >= 0.3 is 11.9 Å². The maximum absolute atomic E-state index is 12.8. The fraction of sp³-hybridized carbons (Fsp3) is 0.483. The molecule has 6 aliphatic rings. The molecule has 20 atom stereocenters. The number of benzene rings is 2. The zero-order valence-electron chi connectivity index (χ0n) is 46.8. The van der Waals surface area contributed by atoms with Crippen molar-refractivity contribution in [1.82, 2.24) is 0 Å². The highest BCUT2D eigenvalue weighted by Gasteiger charge is 2.54. The minimum absolute atomic E-state index is 0.0850. The predicted octanol–water partition coefficient (Wildman–Crippen LogP) is -3.60. The second kappa shape index (κ2) is 30.9. The summed E-state index contributed by atoms with van der Waals surface area (Å²) < 4.78 is 56.2. The number of carbonyl (C=O) groups is 6. The van der Waals surface area contributed by atoms with Crippen molar-refractivity contribution in [1.29, 1.82) is 0 Å². The molecule has 2 aliphatic carbocycles. The highest BCUT2D eigenvalue weighted by molar-refractivity contribution is 6.47. The van der Waals surface area contributed by atoms with Gasteiger partial charge in [0.25, 0.3) is 0 Å². The Bertz CT molecular complexity index is 3010. The molecule has 0 saturated carbocycles. The van der Waals surface area contributed by atoms with Crippen molar-refractivity contribution in [2.75, 3.05) is 26.4 Å². The molecule has 4 fully saturated rings. The number of rotatable bonds is 20.